The molecule has 0 saturated carbocycles. The van der Waals surface area contributed by atoms with Gasteiger partial charge in [0.15, 0.2) is 0 Å². The van der Waals surface area contributed by atoms with Crippen LogP contribution in [0.4, 0.5) is 4.79 Å². The minimum Gasteiger partial charge on any atom is -0.488 e. The van der Waals surface area contributed by atoms with Crippen LogP contribution in [0, 0.1) is 0 Å². The lowest BCUT2D eigenvalue weighted by molar-refractivity contribution is -0.170. The fourth-order valence-electron chi connectivity index (χ4n) is 4.57. The number of amides is 2. The fraction of sp³-hybridized carbons (Fsp3) is 0.333. The van der Waals surface area contributed by atoms with E-state index in [-0.39, 0.29) is 30.5 Å². The molecule has 4 rings (SSSR count). The minimum absolute atomic E-state index is 0.0655. The molecule has 0 saturated heterocycles. The molecule has 3 aromatic carbocycles. The van der Waals surface area contributed by atoms with Crippen molar-refractivity contribution in [3.05, 3.63) is 89.5 Å². The zero-order valence-corrected chi connectivity index (χ0v) is 22.0. The molecule has 0 heterocycles. The van der Waals surface area contributed by atoms with E-state index in [0.29, 0.717) is 0 Å². The number of benzene rings is 3. The van der Waals surface area contributed by atoms with E-state index in [1.165, 1.54) is 14.2 Å². The average molecular weight is 503 g/mol. The Morgan fingerprint density at radius 3 is 2.03 bits per heavy atom. The molecule has 37 heavy (non-hydrogen) atoms. The Kier molecular flexibility index (Phi) is 7.83. The van der Waals surface area contributed by atoms with Crippen LogP contribution in [0.25, 0.3) is 11.1 Å². The zero-order chi connectivity index (χ0) is 26.6. The Morgan fingerprint density at radius 1 is 0.919 bits per heavy atom. The molecule has 194 valence electrons. The first-order valence-electron chi connectivity index (χ1n) is 12.4. The Balaban J connectivity index is 1.44. The summed E-state index contributed by atoms with van der Waals surface area (Å²) in [6, 6.07) is 22.9. The van der Waals surface area contributed by atoms with Crippen LogP contribution < -0.4 is 10.1 Å². The Hall–Kier alpha value is -3.84. The second kappa shape index (κ2) is 11.0. The van der Waals surface area contributed by atoms with Crippen LogP contribution in [0.2, 0.25) is 0 Å². The van der Waals surface area contributed by atoms with Gasteiger partial charge in [-0.15, -0.1) is 0 Å². The van der Waals surface area contributed by atoms with Crippen molar-refractivity contribution in [2.45, 2.75) is 44.8 Å². The molecule has 1 aliphatic rings. The highest BCUT2D eigenvalue weighted by Gasteiger charge is 2.30. The summed E-state index contributed by atoms with van der Waals surface area (Å²) < 4.78 is 11.5. The van der Waals surface area contributed by atoms with E-state index in [1.807, 2.05) is 69.3 Å². The summed E-state index contributed by atoms with van der Waals surface area (Å²) in [5.74, 6) is 0.285. The molecule has 0 aliphatic heterocycles. The predicted octanol–water partition coefficient (Wildman–Crippen LogP) is 5.33. The number of fused-ring (bicyclic) bond motifs is 3. The second-order valence-electron chi connectivity index (χ2n) is 10.1. The van der Waals surface area contributed by atoms with Gasteiger partial charge in [0.2, 0.25) is 0 Å². The van der Waals surface area contributed by atoms with Crippen molar-refractivity contribution in [1.29, 1.82) is 0 Å². The molecular formula is C30H34N2O5. The highest BCUT2D eigenvalue weighted by Crippen LogP contribution is 2.44. The molecule has 0 unspecified atom stereocenters. The van der Waals surface area contributed by atoms with Crippen LogP contribution in [0.5, 0.6) is 5.75 Å². The lowest BCUT2D eigenvalue weighted by atomic mass is 9.98. The summed E-state index contributed by atoms with van der Waals surface area (Å²) in [6.07, 6.45) is -0.385. The van der Waals surface area contributed by atoms with Crippen LogP contribution in [0.3, 0.4) is 0 Å². The third-order valence-corrected chi connectivity index (χ3v) is 6.31. The van der Waals surface area contributed by atoms with Crippen LogP contribution in [0.15, 0.2) is 72.8 Å². The van der Waals surface area contributed by atoms with E-state index in [9.17, 15) is 9.59 Å². The highest BCUT2D eigenvalue weighted by atomic mass is 16.7. The van der Waals surface area contributed by atoms with Crippen molar-refractivity contribution in [2.75, 3.05) is 20.8 Å². The van der Waals surface area contributed by atoms with E-state index in [4.69, 9.17) is 14.3 Å². The highest BCUT2D eigenvalue weighted by molar-refractivity contribution is 5.85. The van der Waals surface area contributed by atoms with Gasteiger partial charge < -0.3 is 14.8 Å². The van der Waals surface area contributed by atoms with Gasteiger partial charge in [0.05, 0.1) is 7.11 Å². The number of alkyl carbamates (subject to hydrolysis) is 1. The number of hydroxylamine groups is 2. The number of carbonyl (C=O) groups excluding carboxylic acids is 2. The van der Waals surface area contributed by atoms with Crippen LogP contribution in [-0.4, -0.2) is 49.5 Å². The molecule has 1 atom stereocenters. The number of hydrogen-bond donors (Lipinski definition) is 1. The normalized spacial score (nSPS) is 13.3. The first-order valence-corrected chi connectivity index (χ1v) is 12.4. The summed E-state index contributed by atoms with van der Waals surface area (Å²) in [5.41, 5.74) is 5.11. The molecule has 1 N–H and O–H groups in total. The van der Waals surface area contributed by atoms with Crippen molar-refractivity contribution < 1.29 is 23.9 Å². The number of carbonyl (C=O) groups is 2. The van der Waals surface area contributed by atoms with E-state index < -0.39 is 12.1 Å². The summed E-state index contributed by atoms with van der Waals surface area (Å²) in [5, 5.41) is 3.84. The van der Waals surface area contributed by atoms with Crippen LogP contribution >= 0.6 is 0 Å². The van der Waals surface area contributed by atoms with Crippen molar-refractivity contribution in [1.82, 2.24) is 10.4 Å². The largest absolute Gasteiger partial charge is 0.488 e. The quantitative estimate of drug-likeness (QED) is 0.421. The van der Waals surface area contributed by atoms with Crippen LogP contribution in [0.1, 0.15) is 43.4 Å². The molecule has 7 nitrogen and oxygen atoms in total. The number of hydrogen-bond acceptors (Lipinski definition) is 5. The maximum absolute atomic E-state index is 13.0. The number of ether oxygens (including phenoxy) is 2. The first kappa shape index (κ1) is 26.2. The molecular weight excluding hydrogens is 468 g/mol. The third-order valence-electron chi connectivity index (χ3n) is 6.31. The standard InChI is InChI=1S/C30H34N2O5/c1-30(2,3)37-21-16-14-20(15-17-21)18-27(28(33)32(4)35-5)31-29(34)36-19-26-24-12-8-6-10-22(24)23-11-7-9-13-25(23)26/h6-17,26-27H,18-19H2,1-5H3,(H,31,34)/t27-/m0/s1. The molecule has 3 aromatic rings. The molecule has 7 heteroatoms. The molecule has 1 aliphatic carbocycles. The van der Waals surface area contributed by atoms with E-state index in [1.54, 1.807) is 0 Å². The van der Waals surface area contributed by atoms with Crippen LogP contribution in [-0.2, 0) is 20.8 Å². The smallest absolute Gasteiger partial charge is 0.407 e. The summed E-state index contributed by atoms with van der Waals surface area (Å²) in [6.45, 7) is 6.11. The van der Waals surface area contributed by atoms with Crippen molar-refractivity contribution in [3.8, 4) is 16.9 Å². The Labute approximate surface area is 218 Å². The van der Waals surface area contributed by atoms with Crippen molar-refractivity contribution in [3.63, 3.8) is 0 Å². The van der Waals surface area contributed by atoms with Gasteiger partial charge in [-0.25, -0.2) is 9.86 Å². The molecule has 0 bridgehead atoms. The minimum atomic E-state index is -0.866. The molecule has 0 aromatic heterocycles. The van der Waals surface area contributed by atoms with E-state index in [2.05, 4.69) is 29.6 Å². The SMILES string of the molecule is CON(C)C(=O)[C@H](Cc1ccc(OC(C)(C)C)cc1)NC(=O)OCC1c2ccccc2-c2ccccc21. The number of rotatable bonds is 8. The molecule has 0 fully saturated rings. The maximum Gasteiger partial charge on any atom is 0.407 e. The molecule has 0 spiro atoms. The van der Waals surface area contributed by atoms with E-state index >= 15 is 0 Å². The van der Waals surface area contributed by atoms with Gasteiger partial charge in [-0.3, -0.25) is 9.63 Å². The van der Waals surface area contributed by atoms with Gasteiger partial charge in [0.1, 0.15) is 24.0 Å². The Bertz CT molecular complexity index is 1200. The molecule has 2 amide bonds. The lowest BCUT2D eigenvalue weighted by Crippen LogP contribution is -2.48. The molecule has 0 radical (unpaired) electrons. The third kappa shape index (κ3) is 6.30. The van der Waals surface area contributed by atoms with Gasteiger partial charge in [-0.05, 0) is 60.7 Å². The topological polar surface area (TPSA) is 77.1 Å². The first-order chi connectivity index (χ1) is 17.7. The van der Waals surface area contributed by atoms with Gasteiger partial charge in [0, 0.05) is 19.4 Å². The number of nitrogens with one attached hydrogen (secondary N) is 1. The van der Waals surface area contributed by atoms with Gasteiger partial charge in [0.25, 0.3) is 5.91 Å². The average Bonchev–Trinajstić information content (AvgIpc) is 3.20. The summed E-state index contributed by atoms with van der Waals surface area (Å²) in [4.78, 5) is 30.9. The van der Waals surface area contributed by atoms with E-state index in [0.717, 1.165) is 38.6 Å². The predicted molar refractivity (Wildman–Crippen MR) is 142 cm³/mol. The second-order valence-corrected chi connectivity index (χ2v) is 10.1. The van der Waals surface area contributed by atoms with Gasteiger partial charge in [-0.1, -0.05) is 60.7 Å². The van der Waals surface area contributed by atoms with Gasteiger partial charge >= 0.3 is 6.09 Å². The lowest BCUT2D eigenvalue weighted by Gasteiger charge is -2.24. The van der Waals surface area contributed by atoms with Gasteiger partial charge in [-0.2, -0.15) is 0 Å². The monoisotopic (exact) mass is 502 g/mol. The fourth-order valence-corrected chi connectivity index (χ4v) is 4.57. The number of likely N-dealkylation sites (N-methyl/N-ethyl adjacent to an activating group) is 1. The van der Waals surface area contributed by atoms with Crippen molar-refractivity contribution >= 4 is 12.0 Å². The Morgan fingerprint density at radius 2 is 1.49 bits per heavy atom. The summed E-state index contributed by atoms with van der Waals surface area (Å²) in [7, 11) is 2.91. The maximum atomic E-state index is 13.0. The van der Waals surface area contributed by atoms with Crippen molar-refractivity contribution in [2.24, 2.45) is 0 Å². The summed E-state index contributed by atoms with van der Waals surface area (Å²) >= 11 is 0. The number of nitrogens with zero attached hydrogens (tertiary/aromatic N) is 1. The zero-order valence-electron chi connectivity index (χ0n) is 22.0.